The van der Waals surface area contributed by atoms with Crippen molar-refractivity contribution < 1.29 is 25.2 Å². The molecule has 1 saturated heterocycles. The van der Waals surface area contributed by atoms with Crippen LogP contribution in [0.4, 0.5) is 0 Å². The second kappa shape index (κ2) is 2.69. The van der Waals surface area contributed by atoms with Crippen molar-refractivity contribution in [1.82, 2.24) is 0 Å². The summed E-state index contributed by atoms with van der Waals surface area (Å²) in [7, 11) is 0. The van der Waals surface area contributed by atoms with E-state index in [2.05, 4.69) is 0 Å². The van der Waals surface area contributed by atoms with Crippen molar-refractivity contribution in [1.29, 1.82) is 0 Å². The van der Waals surface area contributed by atoms with Crippen LogP contribution in [0.3, 0.4) is 0 Å². The van der Waals surface area contributed by atoms with Crippen molar-refractivity contribution in [2.75, 3.05) is 6.61 Å². The summed E-state index contributed by atoms with van der Waals surface area (Å²) in [5.41, 5.74) is 0. The zero-order valence-electron chi connectivity index (χ0n) is 6.14. The number of hydrogen-bond acceptors (Lipinski definition) is 5. The van der Waals surface area contributed by atoms with E-state index in [4.69, 9.17) is 20.1 Å². The predicted octanol–water partition coefficient (Wildman–Crippen LogP) is -2.19. The number of hydrogen-bond donors (Lipinski definition) is 4. The molecule has 0 aliphatic carbocycles. The maximum atomic E-state index is 9.23. The molecule has 5 nitrogen and oxygen atoms in total. The Hall–Kier alpha value is -0.200. The summed E-state index contributed by atoms with van der Waals surface area (Å²) >= 11 is 0. The minimum atomic E-state index is -2.00. The minimum Gasteiger partial charge on any atom is -0.391 e. The Morgan fingerprint density at radius 1 is 1.45 bits per heavy atom. The average Bonchev–Trinajstić information content (AvgIpc) is 2.17. The second-order valence-electron chi connectivity index (χ2n) is 2.76. The van der Waals surface area contributed by atoms with Crippen LogP contribution in [0.2, 0.25) is 0 Å². The molecule has 11 heavy (non-hydrogen) atoms. The molecular weight excluding hydrogens is 152 g/mol. The van der Waals surface area contributed by atoms with E-state index in [9.17, 15) is 5.11 Å². The number of ether oxygens (including phenoxy) is 1. The highest BCUT2D eigenvalue weighted by molar-refractivity contribution is 4.93. The Bertz CT molecular complexity index is 150. The van der Waals surface area contributed by atoms with Crippen molar-refractivity contribution in [3.63, 3.8) is 0 Å². The van der Waals surface area contributed by atoms with Crippen molar-refractivity contribution in [2.24, 2.45) is 0 Å². The zero-order chi connectivity index (χ0) is 8.65. The third kappa shape index (κ3) is 1.25. The molecule has 0 saturated carbocycles. The van der Waals surface area contributed by atoms with Gasteiger partial charge in [0.15, 0.2) is 0 Å². The van der Waals surface area contributed by atoms with E-state index < -0.39 is 30.7 Å². The van der Waals surface area contributed by atoms with Gasteiger partial charge in [0, 0.05) is 0 Å². The zero-order valence-corrected chi connectivity index (χ0v) is 6.14. The van der Waals surface area contributed by atoms with E-state index in [1.165, 1.54) is 6.92 Å². The predicted molar refractivity (Wildman–Crippen MR) is 34.6 cm³/mol. The molecule has 5 heteroatoms. The Kier molecular flexibility index (Phi) is 2.17. The minimum absolute atomic E-state index is 0.665. The van der Waals surface area contributed by atoms with Gasteiger partial charge in [-0.3, -0.25) is 0 Å². The van der Waals surface area contributed by atoms with E-state index in [0.717, 1.165) is 0 Å². The van der Waals surface area contributed by atoms with Crippen LogP contribution in [0.1, 0.15) is 6.92 Å². The van der Waals surface area contributed by atoms with Crippen LogP contribution >= 0.6 is 0 Å². The summed E-state index contributed by atoms with van der Waals surface area (Å²) in [4.78, 5) is 0. The molecule has 66 valence electrons. The molecule has 0 aromatic carbocycles. The molecule has 1 fully saturated rings. The molecule has 1 aliphatic heterocycles. The highest BCUT2D eigenvalue weighted by Crippen LogP contribution is 2.28. The molecule has 0 amide bonds. The Morgan fingerprint density at radius 3 is 2.18 bits per heavy atom. The number of rotatable bonds is 1. The van der Waals surface area contributed by atoms with Gasteiger partial charge >= 0.3 is 0 Å². The van der Waals surface area contributed by atoms with Crippen LogP contribution in [0.25, 0.3) is 0 Å². The quantitative estimate of drug-likeness (QED) is 0.353. The van der Waals surface area contributed by atoms with Crippen molar-refractivity contribution >= 4 is 0 Å². The topological polar surface area (TPSA) is 90.2 Å². The Morgan fingerprint density at radius 2 is 2.00 bits per heavy atom. The molecule has 4 N–H and O–H groups in total. The molecule has 0 bridgehead atoms. The summed E-state index contributed by atoms with van der Waals surface area (Å²) < 4.78 is 4.73. The fourth-order valence-corrected chi connectivity index (χ4v) is 1.12. The van der Waals surface area contributed by atoms with Gasteiger partial charge in [-0.05, 0) is 6.92 Å². The molecule has 0 spiro atoms. The van der Waals surface area contributed by atoms with Gasteiger partial charge in [0.25, 0.3) is 0 Å². The maximum absolute atomic E-state index is 9.23. The summed E-state index contributed by atoms with van der Waals surface area (Å²) in [5, 5.41) is 36.0. The highest BCUT2D eigenvalue weighted by atomic mass is 16.7. The second-order valence-corrected chi connectivity index (χ2v) is 2.76. The summed E-state index contributed by atoms with van der Waals surface area (Å²) in [6.45, 7) is 0.775. The van der Waals surface area contributed by atoms with Crippen molar-refractivity contribution in [3.8, 4) is 0 Å². The van der Waals surface area contributed by atoms with Gasteiger partial charge in [0.05, 0.1) is 12.7 Å². The Labute approximate surface area is 63.8 Å². The van der Waals surface area contributed by atoms with Gasteiger partial charge in [-0.25, -0.2) is 0 Å². The van der Waals surface area contributed by atoms with Crippen molar-refractivity contribution in [3.05, 3.63) is 0 Å². The normalized spacial score (nSPS) is 51.5. The van der Waals surface area contributed by atoms with Crippen LogP contribution in [0, 0.1) is 0 Å². The number of aliphatic hydroxyl groups is 4. The van der Waals surface area contributed by atoms with Crippen LogP contribution in [-0.2, 0) is 4.74 Å². The maximum Gasteiger partial charge on any atom is 0.219 e. The standard InChI is InChI=1S/C6H12O5/c1-3-4(8)5(9)6(10,2-7)11-3/h3-5,7-10H,2H2,1H3/t3-,4-,5+,6+/m0/s1. The van der Waals surface area contributed by atoms with Gasteiger partial charge in [-0.15, -0.1) is 0 Å². The third-order valence-electron chi connectivity index (χ3n) is 1.88. The average molecular weight is 164 g/mol. The van der Waals surface area contributed by atoms with Crippen LogP contribution in [-0.4, -0.2) is 51.1 Å². The fourth-order valence-electron chi connectivity index (χ4n) is 1.12. The smallest absolute Gasteiger partial charge is 0.219 e. The van der Waals surface area contributed by atoms with Crippen LogP contribution in [0.5, 0.6) is 0 Å². The first-order valence-corrected chi connectivity index (χ1v) is 3.38. The lowest BCUT2D eigenvalue weighted by molar-refractivity contribution is -0.243. The van der Waals surface area contributed by atoms with Gasteiger partial charge < -0.3 is 25.2 Å². The van der Waals surface area contributed by atoms with Crippen molar-refractivity contribution in [2.45, 2.75) is 31.0 Å². The lowest BCUT2D eigenvalue weighted by atomic mass is 10.1. The SMILES string of the molecule is C[C@@H]1O[C@](O)(CO)[C@H](O)[C@H]1O. The highest BCUT2D eigenvalue weighted by Gasteiger charge is 2.51. The van der Waals surface area contributed by atoms with Gasteiger partial charge in [-0.2, -0.15) is 0 Å². The Balaban J connectivity index is 2.73. The van der Waals surface area contributed by atoms with E-state index >= 15 is 0 Å². The lowest BCUT2D eigenvalue weighted by Crippen LogP contribution is -2.46. The molecule has 1 aliphatic rings. The molecule has 0 unspecified atom stereocenters. The molecule has 1 heterocycles. The summed E-state index contributed by atoms with van der Waals surface area (Å²) in [5.74, 6) is -2.00. The van der Waals surface area contributed by atoms with Crippen LogP contribution < -0.4 is 0 Å². The van der Waals surface area contributed by atoms with E-state index in [1.807, 2.05) is 0 Å². The molecular formula is C6H12O5. The van der Waals surface area contributed by atoms with Gasteiger partial charge in [-0.1, -0.05) is 0 Å². The fraction of sp³-hybridized carbons (Fsp3) is 1.00. The summed E-state index contributed by atoms with van der Waals surface area (Å²) in [6.07, 6.45) is -3.25. The molecule has 1 rings (SSSR count). The first-order valence-electron chi connectivity index (χ1n) is 3.38. The van der Waals surface area contributed by atoms with Gasteiger partial charge in [0.2, 0.25) is 5.79 Å². The van der Waals surface area contributed by atoms with E-state index in [0.29, 0.717) is 0 Å². The van der Waals surface area contributed by atoms with Gasteiger partial charge in [0.1, 0.15) is 12.2 Å². The summed E-state index contributed by atoms with van der Waals surface area (Å²) in [6, 6.07) is 0. The molecule has 0 aromatic heterocycles. The molecule has 4 atom stereocenters. The largest absolute Gasteiger partial charge is 0.391 e. The molecule has 0 aromatic rings. The first-order chi connectivity index (χ1) is 5.01. The van der Waals surface area contributed by atoms with E-state index in [-0.39, 0.29) is 0 Å². The first kappa shape index (κ1) is 8.89. The monoisotopic (exact) mass is 164 g/mol. The third-order valence-corrected chi connectivity index (χ3v) is 1.88. The van der Waals surface area contributed by atoms with Crippen LogP contribution in [0.15, 0.2) is 0 Å². The lowest BCUT2D eigenvalue weighted by Gasteiger charge is -2.22. The van der Waals surface area contributed by atoms with E-state index in [1.54, 1.807) is 0 Å². The molecule has 0 radical (unpaired) electrons. The number of aliphatic hydroxyl groups excluding tert-OH is 3.